The molecule has 0 aromatic carbocycles. The van der Waals surface area contributed by atoms with Gasteiger partial charge < -0.3 is 5.41 Å². The number of nitrogens with one attached hydrogen (secondary N) is 1. The molecule has 4 aliphatic rings. The highest BCUT2D eigenvalue weighted by atomic mass is 19.4. The largest absolute Gasteiger partial charge is 0.413 e. The molecule has 26 heavy (non-hydrogen) atoms. The Morgan fingerprint density at radius 1 is 1.15 bits per heavy atom. The maximum absolute atomic E-state index is 13.9. The van der Waals surface area contributed by atoms with Gasteiger partial charge in [-0.2, -0.15) is 13.2 Å². The van der Waals surface area contributed by atoms with E-state index in [9.17, 15) is 22.8 Å². The standard InChI is InChI=1S/C20H22F3NO2/c1-18-7-5-12-10(11(18)3-4-15(18)26)9-13(20(21,22)23)16-17(24)14(25)6-8-19(12,16)2/h6,8-12,16,24H,3-5,7H2,1-2H3/t10-,11-,12-,16?,18-,19+/m0/s1. The molecule has 2 fully saturated rings. The molecule has 0 aromatic heterocycles. The van der Waals surface area contributed by atoms with Gasteiger partial charge in [-0.3, -0.25) is 9.59 Å². The Labute approximate surface area is 150 Å². The molecular formula is C20H22F3NO2. The number of ketones is 2. The van der Waals surface area contributed by atoms with Gasteiger partial charge in [0.1, 0.15) is 5.78 Å². The van der Waals surface area contributed by atoms with E-state index in [1.54, 1.807) is 13.0 Å². The monoisotopic (exact) mass is 365 g/mol. The normalized spacial score (nSPS) is 45.1. The first-order valence-corrected chi connectivity index (χ1v) is 9.14. The van der Waals surface area contributed by atoms with Crippen molar-refractivity contribution in [2.24, 2.45) is 34.5 Å². The summed E-state index contributed by atoms with van der Waals surface area (Å²) in [5, 5.41) is 8.08. The van der Waals surface area contributed by atoms with Crippen LogP contribution in [0.3, 0.4) is 0 Å². The third-order valence-electron chi connectivity index (χ3n) is 7.62. The van der Waals surface area contributed by atoms with Gasteiger partial charge in [0.25, 0.3) is 0 Å². The highest BCUT2D eigenvalue weighted by Crippen LogP contribution is 2.64. The van der Waals surface area contributed by atoms with E-state index in [4.69, 9.17) is 5.41 Å². The van der Waals surface area contributed by atoms with Crippen molar-refractivity contribution in [1.29, 1.82) is 5.41 Å². The minimum atomic E-state index is -4.59. The summed E-state index contributed by atoms with van der Waals surface area (Å²) in [6, 6.07) is 0. The minimum Gasteiger partial charge on any atom is -0.301 e. The molecule has 0 bridgehead atoms. The Morgan fingerprint density at radius 2 is 1.85 bits per heavy atom. The average molecular weight is 365 g/mol. The van der Waals surface area contributed by atoms with Crippen LogP contribution >= 0.6 is 0 Å². The van der Waals surface area contributed by atoms with Crippen LogP contribution in [-0.4, -0.2) is 23.5 Å². The van der Waals surface area contributed by atoms with Crippen molar-refractivity contribution in [3.63, 3.8) is 0 Å². The van der Waals surface area contributed by atoms with Gasteiger partial charge >= 0.3 is 6.18 Å². The summed E-state index contributed by atoms with van der Waals surface area (Å²) in [4.78, 5) is 24.4. The molecule has 2 saturated carbocycles. The van der Waals surface area contributed by atoms with E-state index in [0.29, 0.717) is 25.7 Å². The number of hydrogen-bond acceptors (Lipinski definition) is 3. The zero-order valence-electron chi connectivity index (χ0n) is 14.8. The predicted molar refractivity (Wildman–Crippen MR) is 89.7 cm³/mol. The number of carbonyl (C=O) groups is 2. The average Bonchev–Trinajstić information content (AvgIpc) is 2.85. The van der Waals surface area contributed by atoms with Crippen LogP contribution in [0.4, 0.5) is 13.2 Å². The molecule has 0 spiro atoms. The van der Waals surface area contributed by atoms with Crippen molar-refractivity contribution in [2.45, 2.75) is 45.7 Å². The van der Waals surface area contributed by atoms with Crippen molar-refractivity contribution in [3.8, 4) is 0 Å². The molecule has 0 aliphatic heterocycles. The van der Waals surface area contributed by atoms with Crippen LogP contribution in [0.25, 0.3) is 0 Å². The molecule has 0 saturated heterocycles. The molecule has 0 amide bonds. The fourth-order valence-electron chi connectivity index (χ4n) is 6.21. The summed E-state index contributed by atoms with van der Waals surface area (Å²) in [7, 11) is 0. The van der Waals surface area contributed by atoms with Crippen LogP contribution in [-0.2, 0) is 9.59 Å². The van der Waals surface area contributed by atoms with E-state index >= 15 is 0 Å². The first kappa shape index (κ1) is 17.7. The SMILES string of the molecule is C[C@]12C=CC(=O)C(=N)C1C(C(F)(F)F)=C[C@@H]1[C@@H]2CC[C@]2(C)C(=O)CC[C@@H]12. The van der Waals surface area contributed by atoms with Gasteiger partial charge in [0.15, 0.2) is 5.78 Å². The first-order valence-electron chi connectivity index (χ1n) is 9.14. The van der Waals surface area contributed by atoms with Crippen molar-refractivity contribution in [1.82, 2.24) is 0 Å². The summed E-state index contributed by atoms with van der Waals surface area (Å²) in [6.07, 6.45) is 1.93. The summed E-state index contributed by atoms with van der Waals surface area (Å²) in [6.45, 7) is 3.66. The van der Waals surface area contributed by atoms with E-state index in [1.165, 1.54) is 12.2 Å². The maximum atomic E-state index is 13.9. The maximum Gasteiger partial charge on any atom is 0.413 e. The molecule has 6 atom stereocenters. The number of alkyl halides is 3. The van der Waals surface area contributed by atoms with Gasteiger partial charge in [-0.15, -0.1) is 0 Å². The zero-order chi connectivity index (χ0) is 19.1. The molecule has 4 aliphatic carbocycles. The number of allylic oxidation sites excluding steroid dienone is 4. The van der Waals surface area contributed by atoms with E-state index < -0.39 is 40.0 Å². The van der Waals surface area contributed by atoms with Gasteiger partial charge in [-0.1, -0.05) is 26.0 Å². The highest BCUT2D eigenvalue weighted by Gasteiger charge is 2.63. The molecule has 0 heterocycles. The fraction of sp³-hybridized carbons (Fsp3) is 0.650. The smallest absolute Gasteiger partial charge is 0.301 e. The lowest BCUT2D eigenvalue weighted by atomic mass is 9.47. The Balaban J connectivity index is 1.90. The summed E-state index contributed by atoms with van der Waals surface area (Å²) in [5.41, 5.74) is -2.69. The van der Waals surface area contributed by atoms with Gasteiger partial charge in [0.2, 0.25) is 0 Å². The Morgan fingerprint density at radius 3 is 2.50 bits per heavy atom. The van der Waals surface area contributed by atoms with Crippen LogP contribution in [0.15, 0.2) is 23.8 Å². The van der Waals surface area contributed by atoms with E-state index in [1.807, 2.05) is 6.92 Å². The fourth-order valence-corrected chi connectivity index (χ4v) is 6.21. The van der Waals surface area contributed by atoms with Gasteiger partial charge in [0, 0.05) is 28.7 Å². The molecular weight excluding hydrogens is 343 g/mol. The van der Waals surface area contributed by atoms with E-state index in [0.717, 1.165) is 0 Å². The molecule has 1 unspecified atom stereocenters. The molecule has 3 nitrogen and oxygen atoms in total. The van der Waals surface area contributed by atoms with Gasteiger partial charge in [-0.25, -0.2) is 0 Å². The van der Waals surface area contributed by atoms with E-state index in [2.05, 4.69) is 0 Å². The Bertz CT molecular complexity index is 780. The summed E-state index contributed by atoms with van der Waals surface area (Å²) < 4.78 is 41.7. The predicted octanol–water partition coefficient (Wildman–Crippen LogP) is 4.28. The van der Waals surface area contributed by atoms with Crippen LogP contribution in [0.5, 0.6) is 0 Å². The van der Waals surface area contributed by atoms with Crippen LogP contribution in [0, 0.1) is 39.9 Å². The molecule has 140 valence electrons. The number of Topliss-reactive ketones (excluding diaryl/α,β-unsaturated/α-hetero) is 1. The molecule has 4 rings (SSSR count). The van der Waals surface area contributed by atoms with Crippen LogP contribution in [0.2, 0.25) is 0 Å². The first-order chi connectivity index (χ1) is 12.0. The number of halogens is 3. The number of fused-ring (bicyclic) bond motifs is 5. The lowest BCUT2D eigenvalue weighted by Crippen LogP contribution is -2.55. The Kier molecular flexibility index (Phi) is 3.52. The second-order valence-corrected chi connectivity index (χ2v) is 8.74. The quantitative estimate of drug-likeness (QED) is 0.652. The second-order valence-electron chi connectivity index (χ2n) is 8.74. The third-order valence-corrected chi connectivity index (χ3v) is 7.62. The second kappa shape index (κ2) is 5.17. The minimum absolute atomic E-state index is 0.0905. The molecule has 0 radical (unpaired) electrons. The summed E-state index contributed by atoms with van der Waals surface area (Å²) >= 11 is 0. The van der Waals surface area contributed by atoms with Gasteiger partial charge in [-0.05, 0) is 43.1 Å². The molecule has 0 aromatic rings. The number of carbonyl (C=O) groups excluding carboxylic acids is 2. The zero-order valence-corrected chi connectivity index (χ0v) is 14.8. The Hall–Kier alpha value is -1.72. The van der Waals surface area contributed by atoms with Crippen LogP contribution < -0.4 is 0 Å². The van der Waals surface area contributed by atoms with Crippen molar-refractivity contribution in [3.05, 3.63) is 23.8 Å². The van der Waals surface area contributed by atoms with Crippen molar-refractivity contribution in [2.75, 3.05) is 0 Å². The van der Waals surface area contributed by atoms with Crippen molar-refractivity contribution >= 4 is 17.3 Å². The molecule has 1 N–H and O–H groups in total. The number of hydrogen-bond donors (Lipinski definition) is 1. The van der Waals surface area contributed by atoms with Crippen LogP contribution in [0.1, 0.15) is 39.5 Å². The number of rotatable bonds is 0. The third kappa shape index (κ3) is 2.10. The lowest BCUT2D eigenvalue weighted by molar-refractivity contribution is -0.132. The van der Waals surface area contributed by atoms with E-state index in [-0.39, 0.29) is 23.5 Å². The van der Waals surface area contributed by atoms with Gasteiger partial charge in [0.05, 0.1) is 5.71 Å². The van der Waals surface area contributed by atoms with Crippen molar-refractivity contribution < 1.29 is 22.8 Å². The molecule has 6 heteroatoms. The summed E-state index contributed by atoms with van der Waals surface area (Å²) in [5.74, 6) is -2.25. The lowest BCUT2D eigenvalue weighted by Gasteiger charge is -2.56. The highest BCUT2D eigenvalue weighted by molar-refractivity contribution is 6.45. The topological polar surface area (TPSA) is 58.0 Å².